The summed E-state index contributed by atoms with van der Waals surface area (Å²) in [7, 11) is 1.88. The van der Waals surface area contributed by atoms with Gasteiger partial charge in [0, 0.05) is 31.0 Å². The molecule has 0 bridgehead atoms. The Hall–Kier alpha value is -2.01. The lowest BCUT2D eigenvalue weighted by Gasteiger charge is -2.20. The molecule has 0 amide bonds. The highest BCUT2D eigenvalue weighted by Gasteiger charge is 2.07. The molecule has 0 spiro atoms. The summed E-state index contributed by atoms with van der Waals surface area (Å²) >= 11 is 4.90. The molecule has 3 nitrogen and oxygen atoms in total. The second-order valence-corrected chi connectivity index (χ2v) is 4.65. The number of hydrogen-bond donors (Lipinski definition) is 1. The molecule has 0 radical (unpaired) electrons. The van der Waals surface area contributed by atoms with E-state index in [1.54, 1.807) is 24.4 Å². The predicted molar refractivity (Wildman–Crippen MR) is 78.6 cm³/mol. The summed E-state index contributed by atoms with van der Waals surface area (Å²) in [5, 5.41) is 0. The number of thiocarbonyl (C=S) groups is 1. The van der Waals surface area contributed by atoms with Crippen LogP contribution in [-0.4, -0.2) is 17.0 Å². The van der Waals surface area contributed by atoms with E-state index in [0.717, 1.165) is 5.69 Å². The molecule has 98 valence electrons. The van der Waals surface area contributed by atoms with Crippen molar-refractivity contribution in [3.8, 4) is 0 Å². The predicted octanol–water partition coefficient (Wildman–Crippen LogP) is 2.49. The maximum Gasteiger partial charge on any atom is 0.128 e. The van der Waals surface area contributed by atoms with Crippen LogP contribution in [0.25, 0.3) is 0 Å². The van der Waals surface area contributed by atoms with Gasteiger partial charge in [-0.15, -0.1) is 0 Å². The Balaban J connectivity index is 2.20. The van der Waals surface area contributed by atoms with Gasteiger partial charge in [-0.25, -0.2) is 4.39 Å². The first-order chi connectivity index (χ1) is 9.08. The van der Waals surface area contributed by atoms with E-state index in [9.17, 15) is 4.39 Å². The minimum Gasteiger partial charge on any atom is -0.388 e. The fourth-order valence-corrected chi connectivity index (χ4v) is 1.88. The first-order valence-corrected chi connectivity index (χ1v) is 6.19. The molecule has 0 unspecified atom stereocenters. The van der Waals surface area contributed by atoms with Crippen molar-refractivity contribution in [1.82, 2.24) is 4.98 Å². The fraction of sp³-hybridized carbons (Fsp3) is 0.143. The highest BCUT2D eigenvalue weighted by atomic mass is 32.1. The molecule has 0 aliphatic carbocycles. The van der Waals surface area contributed by atoms with Crippen LogP contribution in [0.2, 0.25) is 0 Å². The number of rotatable bonds is 4. The van der Waals surface area contributed by atoms with Crippen LogP contribution in [-0.2, 0) is 6.54 Å². The van der Waals surface area contributed by atoms with Crippen LogP contribution < -0.4 is 10.6 Å². The molecule has 5 heteroatoms. The third-order valence-corrected chi connectivity index (χ3v) is 3.01. The minimum atomic E-state index is -0.210. The Morgan fingerprint density at radius 2 is 2.11 bits per heavy atom. The minimum absolute atomic E-state index is 0.210. The largest absolute Gasteiger partial charge is 0.388 e. The highest BCUT2D eigenvalue weighted by molar-refractivity contribution is 7.80. The molecule has 1 heterocycles. The monoisotopic (exact) mass is 275 g/mol. The fourth-order valence-electron chi connectivity index (χ4n) is 1.77. The van der Waals surface area contributed by atoms with Crippen LogP contribution in [0.15, 0.2) is 42.6 Å². The van der Waals surface area contributed by atoms with Gasteiger partial charge in [0.25, 0.3) is 0 Å². The molecule has 1 aromatic heterocycles. The van der Waals surface area contributed by atoms with Crippen molar-refractivity contribution in [1.29, 1.82) is 0 Å². The number of halogens is 1. The summed E-state index contributed by atoms with van der Waals surface area (Å²) in [5.74, 6) is -0.210. The van der Waals surface area contributed by atoms with Crippen molar-refractivity contribution in [2.24, 2.45) is 5.73 Å². The number of nitrogens with two attached hydrogens (primary N) is 1. The average Bonchev–Trinajstić information content (AvgIpc) is 2.41. The number of nitrogens with zero attached hydrogens (tertiary/aromatic N) is 2. The zero-order chi connectivity index (χ0) is 13.8. The van der Waals surface area contributed by atoms with Crippen molar-refractivity contribution < 1.29 is 4.39 Å². The lowest BCUT2D eigenvalue weighted by atomic mass is 10.2. The van der Waals surface area contributed by atoms with Gasteiger partial charge in [-0.1, -0.05) is 30.4 Å². The van der Waals surface area contributed by atoms with Crippen LogP contribution in [0.3, 0.4) is 0 Å². The summed E-state index contributed by atoms with van der Waals surface area (Å²) in [5.41, 5.74) is 7.64. The van der Waals surface area contributed by atoms with Gasteiger partial charge >= 0.3 is 0 Å². The molecule has 0 atom stereocenters. The van der Waals surface area contributed by atoms with E-state index >= 15 is 0 Å². The van der Waals surface area contributed by atoms with Crippen LogP contribution in [0, 0.1) is 5.82 Å². The molecule has 2 N–H and O–H groups in total. The summed E-state index contributed by atoms with van der Waals surface area (Å²) < 4.78 is 13.6. The van der Waals surface area contributed by atoms with Crippen molar-refractivity contribution in [3.05, 3.63) is 59.7 Å². The summed E-state index contributed by atoms with van der Waals surface area (Å²) in [4.78, 5) is 6.25. The normalized spacial score (nSPS) is 10.2. The lowest BCUT2D eigenvalue weighted by Crippen LogP contribution is -2.19. The molecular weight excluding hydrogens is 261 g/mol. The van der Waals surface area contributed by atoms with Gasteiger partial charge in [0.2, 0.25) is 0 Å². The van der Waals surface area contributed by atoms with Crippen molar-refractivity contribution in [3.63, 3.8) is 0 Å². The Kier molecular flexibility index (Phi) is 4.06. The van der Waals surface area contributed by atoms with Gasteiger partial charge in [0.15, 0.2) is 0 Å². The van der Waals surface area contributed by atoms with Crippen LogP contribution >= 0.6 is 12.2 Å². The second-order valence-electron chi connectivity index (χ2n) is 4.21. The topological polar surface area (TPSA) is 42.2 Å². The SMILES string of the molecule is CN(Cc1ccccc1F)c1ccnc(C(N)=S)c1. The molecule has 0 saturated carbocycles. The van der Waals surface area contributed by atoms with Crippen LogP contribution in [0.4, 0.5) is 10.1 Å². The Labute approximate surface area is 116 Å². The van der Waals surface area contributed by atoms with E-state index in [1.165, 1.54) is 6.07 Å². The number of aromatic nitrogens is 1. The van der Waals surface area contributed by atoms with Gasteiger partial charge in [-0.3, -0.25) is 4.98 Å². The van der Waals surface area contributed by atoms with E-state index in [2.05, 4.69) is 4.98 Å². The molecule has 0 aliphatic heterocycles. The first-order valence-electron chi connectivity index (χ1n) is 5.78. The smallest absolute Gasteiger partial charge is 0.128 e. The van der Waals surface area contributed by atoms with E-state index < -0.39 is 0 Å². The van der Waals surface area contributed by atoms with Gasteiger partial charge in [-0.05, 0) is 18.2 Å². The third-order valence-electron chi connectivity index (χ3n) is 2.80. The molecule has 19 heavy (non-hydrogen) atoms. The zero-order valence-corrected chi connectivity index (χ0v) is 11.3. The summed E-state index contributed by atoms with van der Waals surface area (Å²) in [6, 6.07) is 10.3. The maximum atomic E-state index is 13.6. The summed E-state index contributed by atoms with van der Waals surface area (Å²) in [6.07, 6.45) is 1.64. The van der Waals surface area contributed by atoms with Crippen LogP contribution in [0.1, 0.15) is 11.3 Å². The Morgan fingerprint density at radius 3 is 2.79 bits per heavy atom. The number of benzene rings is 1. The van der Waals surface area contributed by atoms with E-state index in [0.29, 0.717) is 17.8 Å². The van der Waals surface area contributed by atoms with E-state index in [1.807, 2.05) is 24.1 Å². The molecule has 2 rings (SSSR count). The molecule has 2 aromatic rings. The van der Waals surface area contributed by atoms with Crippen molar-refractivity contribution >= 4 is 22.9 Å². The molecule has 0 saturated heterocycles. The van der Waals surface area contributed by atoms with Gasteiger partial charge < -0.3 is 10.6 Å². The molecule has 1 aromatic carbocycles. The van der Waals surface area contributed by atoms with Crippen molar-refractivity contribution in [2.45, 2.75) is 6.54 Å². The third kappa shape index (κ3) is 3.26. The van der Waals surface area contributed by atoms with Crippen LogP contribution in [0.5, 0.6) is 0 Å². The second kappa shape index (κ2) is 5.75. The van der Waals surface area contributed by atoms with Gasteiger partial charge in [-0.2, -0.15) is 0 Å². The Bertz CT molecular complexity index is 601. The summed E-state index contributed by atoms with van der Waals surface area (Å²) in [6.45, 7) is 0.466. The van der Waals surface area contributed by atoms with Crippen molar-refractivity contribution in [2.75, 3.05) is 11.9 Å². The van der Waals surface area contributed by atoms with Gasteiger partial charge in [0.05, 0.1) is 5.69 Å². The molecule has 0 fully saturated rings. The number of pyridine rings is 1. The maximum absolute atomic E-state index is 13.6. The molecular formula is C14H14FN3S. The molecule has 0 aliphatic rings. The average molecular weight is 275 g/mol. The number of hydrogen-bond acceptors (Lipinski definition) is 3. The standard InChI is InChI=1S/C14H14FN3S/c1-18(9-10-4-2-3-5-12(10)15)11-6-7-17-13(8-11)14(16)19/h2-8H,9H2,1H3,(H2,16,19). The van der Waals surface area contributed by atoms with E-state index in [4.69, 9.17) is 18.0 Å². The van der Waals surface area contributed by atoms with E-state index in [-0.39, 0.29) is 10.8 Å². The Morgan fingerprint density at radius 1 is 1.37 bits per heavy atom. The zero-order valence-electron chi connectivity index (χ0n) is 10.5. The quantitative estimate of drug-likeness (QED) is 0.871. The highest BCUT2D eigenvalue weighted by Crippen LogP contribution is 2.17. The first kappa shape index (κ1) is 13.4. The number of anilines is 1. The van der Waals surface area contributed by atoms with Gasteiger partial charge in [0.1, 0.15) is 10.8 Å². The lowest BCUT2D eigenvalue weighted by molar-refractivity contribution is 0.608.